The minimum atomic E-state index is -0.833. The van der Waals surface area contributed by atoms with E-state index in [-0.39, 0.29) is 32.0 Å². The van der Waals surface area contributed by atoms with Gasteiger partial charge in [-0.3, -0.25) is 9.59 Å². The zero-order chi connectivity index (χ0) is 14.5. The summed E-state index contributed by atoms with van der Waals surface area (Å²) in [4.78, 5) is 32.1. The highest BCUT2D eigenvalue weighted by Crippen LogP contribution is 1.96. The molecule has 6 nitrogen and oxygen atoms in total. The van der Waals surface area contributed by atoms with Crippen LogP contribution in [0.4, 0.5) is 0 Å². The van der Waals surface area contributed by atoms with E-state index in [4.69, 9.17) is 9.84 Å². The van der Waals surface area contributed by atoms with Crippen LogP contribution in [0.25, 0.3) is 0 Å². The first kappa shape index (κ1) is 17.4. The normalized spacial score (nSPS) is 10.5. The lowest BCUT2D eigenvalue weighted by molar-refractivity contribution is -0.149. The number of hydrogen-bond acceptors (Lipinski definition) is 5. The molecule has 0 rings (SSSR count). The van der Waals surface area contributed by atoms with Gasteiger partial charge in [-0.05, 0) is 12.2 Å². The smallest absolute Gasteiger partial charge is 0.330 e. The third kappa shape index (κ3) is 12.6. The van der Waals surface area contributed by atoms with E-state index in [0.717, 1.165) is 17.4 Å². The fraction of sp³-hybridized carbons (Fsp3) is 0.500. The van der Waals surface area contributed by atoms with Crippen molar-refractivity contribution in [2.24, 2.45) is 0 Å². The number of aliphatic carboxylic acids is 1. The maximum Gasteiger partial charge on any atom is 0.330 e. The minimum absolute atomic E-state index is 0.0129. The van der Waals surface area contributed by atoms with E-state index in [0.29, 0.717) is 12.2 Å². The highest BCUT2D eigenvalue weighted by atomic mass is 32.1. The van der Waals surface area contributed by atoms with Gasteiger partial charge < -0.3 is 14.6 Å². The molecule has 0 heterocycles. The molecule has 0 saturated carbocycles. The molecule has 0 amide bonds. The quantitative estimate of drug-likeness (QED) is 0.203. The largest absolute Gasteiger partial charge is 0.481 e. The van der Waals surface area contributed by atoms with Crippen molar-refractivity contribution < 1.29 is 29.0 Å². The van der Waals surface area contributed by atoms with Gasteiger partial charge in [0.05, 0.1) is 6.42 Å². The molecule has 7 heteroatoms. The topological polar surface area (TPSA) is 89.9 Å². The summed E-state index contributed by atoms with van der Waals surface area (Å²) < 4.78 is 9.44. The Hall–Kier alpha value is -1.63. The predicted molar refractivity (Wildman–Crippen MR) is 73.5 cm³/mol. The van der Waals surface area contributed by atoms with Gasteiger partial charge in [0.2, 0.25) is 0 Å². The van der Waals surface area contributed by atoms with E-state index in [2.05, 4.69) is 11.3 Å². The molecule has 0 aliphatic carbocycles. The fourth-order valence-electron chi connectivity index (χ4n) is 0.955. The lowest BCUT2D eigenvalue weighted by atomic mass is 10.3. The SMILES string of the molecule is C=CC(=O)OCCOC(=O)CC[SH]=CCCC(=O)O. The molecule has 0 saturated heterocycles. The van der Waals surface area contributed by atoms with Crippen LogP contribution in [0.1, 0.15) is 19.3 Å². The highest BCUT2D eigenvalue weighted by molar-refractivity contribution is 7.97. The zero-order valence-corrected chi connectivity index (χ0v) is 11.4. The first-order chi connectivity index (χ1) is 9.06. The van der Waals surface area contributed by atoms with E-state index in [9.17, 15) is 14.4 Å². The molecule has 108 valence electrons. The molecule has 0 bridgehead atoms. The molecular formula is C12H18O6S. The third-order valence-corrected chi connectivity index (χ3v) is 2.82. The molecule has 0 spiro atoms. The Morgan fingerprint density at radius 1 is 1.16 bits per heavy atom. The molecular weight excluding hydrogens is 272 g/mol. The first-order valence-corrected chi connectivity index (χ1v) is 6.86. The molecule has 0 aliphatic heterocycles. The van der Waals surface area contributed by atoms with Crippen LogP contribution in [0.2, 0.25) is 0 Å². The first-order valence-electron chi connectivity index (χ1n) is 5.71. The summed E-state index contributed by atoms with van der Waals surface area (Å²) in [6.07, 6.45) is 1.88. The highest BCUT2D eigenvalue weighted by Gasteiger charge is 2.02. The van der Waals surface area contributed by atoms with Crippen LogP contribution in [0, 0.1) is 0 Å². The summed E-state index contributed by atoms with van der Waals surface area (Å²) in [7, 11) is 0. The number of carbonyl (C=O) groups excluding carboxylic acids is 2. The Morgan fingerprint density at radius 2 is 1.84 bits per heavy atom. The average molecular weight is 290 g/mol. The zero-order valence-electron chi connectivity index (χ0n) is 10.5. The molecule has 19 heavy (non-hydrogen) atoms. The van der Waals surface area contributed by atoms with Crippen molar-refractivity contribution in [3.63, 3.8) is 0 Å². The second kappa shape index (κ2) is 11.5. The van der Waals surface area contributed by atoms with E-state index in [1.165, 1.54) is 0 Å². The molecule has 0 unspecified atom stereocenters. The van der Waals surface area contributed by atoms with E-state index >= 15 is 0 Å². The lowest BCUT2D eigenvalue weighted by Gasteiger charge is -2.03. The third-order valence-electron chi connectivity index (χ3n) is 1.82. The van der Waals surface area contributed by atoms with Crippen molar-refractivity contribution >= 4 is 34.6 Å². The summed E-state index contributed by atoms with van der Waals surface area (Å²) >= 11 is 0.911. The van der Waals surface area contributed by atoms with Crippen molar-refractivity contribution in [3.05, 3.63) is 12.7 Å². The Labute approximate surface area is 115 Å². The summed E-state index contributed by atoms with van der Waals surface area (Å²) in [6.45, 7) is 3.27. The standard InChI is InChI=1S/C12H18O6S/c1-2-11(15)17-6-7-18-12(16)5-9-19-8-3-4-10(13)14/h2,8,19H,1,3-7,9H2,(H,13,14). The molecule has 0 atom stereocenters. The number of carbonyl (C=O) groups is 3. The predicted octanol–water partition coefficient (Wildman–Crippen LogP) is 0.781. The van der Waals surface area contributed by atoms with Crippen LogP contribution < -0.4 is 0 Å². The van der Waals surface area contributed by atoms with Crippen LogP contribution in [0.15, 0.2) is 12.7 Å². The molecule has 0 fully saturated rings. The Balaban J connectivity index is 3.46. The molecule has 0 aromatic rings. The Kier molecular flexibility index (Phi) is 10.5. The maximum atomic E-state index is 11.2. The van der Waals surface area contributed by atoms with E-state index < -0.39 is 11.9 Å². The molecule has 0 aromatic heterocycles. The van der Waals surface area contributed by atoms with Gasteiger partial charge in [-0.2, -0.15) is 0 Å². The van der Waals surface area contributed by atoms with Crippen molar-refractivity contribution in [2.75, 3.05) is 19.0 Å². The van der Waals surface area contributed by atoms with Crippen LogP contribution in [0.3, 0.4) is 0 Å². The fourth-order valence-corrected chi connectivity index (χ4v) is 1.76. The van der Waals surface area contributed by atoms with Gasteiger partial charge in [0.15, 0.2) is 0 Å². The number of rotatable bonds is 10. The van der Waals surface area contributed by atoms with Crippen LogP contribution in [0.5, 0.6) is 0 Å². The minimum Gasteiger partial charge on any atom is -0.481 e. The van der Waals surface area contributed by atoms with E-state index in [1.807, 2.05) is 5.37 Å². The number of thiol groups is 1. The number of esters is 2. The number of ether oxygens (including phenoxy) is 2. The summed E-state index contributed by atoms with van der Waals surface area (Å²) in [6, 6.07) is 0. The Morgan fingerprint density at radius 3 is 2.47 bits per heavy atom. The molecule has 1 N–H and O–H groups in total. The van der Waals surface area contributed by atoms with Crippen LogP contribution >= 0.6 is 11.4 Å². The van der Waals surface area contributed by atoms with Crippen molar-refractivity contribution in [2.45, 2.75) is 19.3 Å². The van der Waals surface area contributed by atoms with Gasteiger partial charge in [-0.1, -0.05) is 11.9 Å². The van der Waals surface area contributed by atoms with Gasteiger partial charge in [0, 0.05) is 12.5 Å². The summed E-state index contributed by atoms with van der Waals surface area (Å²) in [5.41, 5.74) is 0. The monoisotopic (exact) mass is 290 g/mol. The maximum absolute atomic E-state index is 11.2. The number of hydrogen-bond donors (Lipinski definition) is 2. The summed E-state index contributed by atoms with van der Waals surface area (Å²) in [5, 5.41) is 10.2. The molecule has 0 aromatic carbocycles. The molecule has 0 radical (unpaired) electrons. The van der Waals surface area contributed by atoms with Gasteiger partial charge in [0.1, 0.15) is 13.2 Å². The average Bonchev–Trinajstić information content (AvgIpc) is 2.38. The second-order valence-corrected chi connectivity index (χ2v) is 4.54. The van der Waals surface area contributed by atoms with Gasteiger partial charge in [-0.15, -0.1) is 0 Å². The summed E-state index contributed by atoms with van der Waals surface area (Å²) in [5.74, 6) is -1.17. The van der Waals surface area contributed by atoms with Crippen molar-refractivity contribution in [3.8, 4) is 0 Å². The van der Waals surface area contributed by atoms with Crippen molar-refractivity contribution in [1.29, 1.82) is 0 Å². The second-order valence-electron chi connectivity index (χ2n) is 3.36. The molecule has 0 aliphatic rings. The van der Waals surface area contributed by atoms with Gasteiger partial charge in [-0.25, -0.2) is 16.1 Å². The lowest BCUT2D eigenvalue weighted by Crippen LogP contribution is -2.12. The number of carboxylic acid groups (broad SMARTS) is 1. The van der Waals surface area contributed by atoms with Crippen LogP contribution in [-0.4, -0.2) is 47.3 Å². The van der Waals surface area contributed by atoms with Crippen LogP contribution in [-0.2, 0) is 23.9 Å². The van der Waals surface area contributed by atoms with Crippen molar-refractivity contribution in [1.82, 2.24) is 0 Å². The van der Waals surface area contributed by atoms with Gasteiger partial charge >= 0.3 is 17.9 Å². The van der Waals surface area contributed by atoms with E-state index in [1.54, 1.807) is 0 Å². The van der Waals surface area contributed by atoms with Gasteiger partial charge in [0.25, 0.3) is 0 Å². The number of carboxylic acids is 1. The Bertz CT molecular complexity index is 350.